The van der Waals surface area contributed by atoms with Crippen LogP contribution in [-0.4, -0.2) is 20.0 Å². The van der Waals surface area contributed by atoms with Crippen LogP contribution in [0.4, 0.5) is 13.2 Å². The molecule has 9 heteroatoms. The molecule has 0 amide bonds. The lowest BCUT2D eigenvalue weighted by Gasteiger charge is -2.04. The maximum Gasteiger partial charge on any atom is 0.433 e. The molecule has 5 nitrogen and oxygen atoms in total. The van der Waals surface area contributed by atoms with Crippen molar-refractivity contribution in [3.63, 3.8) is 0 Å². The van der Waals surface area contributed by atoms with Gasteiger partial charge >= 0.3 is 6.18 Å². The van der Waals surface area contributed by atoms with Crippen LogP contribution >= 0.6 is 11.6 Å². The molecule has 0 spiro atoms. The molecule has 0 atom stereocenters. The van der Waals surface area contributed by atoms with E-state index in [1.165, 1.54) is 7.05 Å². The van der Waals surface area contributed by atoms with Gasteiger partial charge in [-0.15, -0.1) is 10.2 Å². The highest BCUT2D eigenvalue weighted by molar-refractivity contribution is 6.30. The van der Waals surface area contributed by atoms with Crippen molar-refractivity contribution in [3.8, 4) is 11.6 Å². The van der Waals surface area contributed by atoms with Crippen molar-refractivity contribution < 1.29 is 17.6 Å². The van der Waals surface area contributed by atoms with E-state index in [0.717, 1.165) is 16.3 Å². The van der Waals surface area contributed by atoms with Crippen LogP contribution in [0.25, 0.3) is 11.6 Å². The lowest BCUT2D eigenvalue weighted by molar-refractivity contribution is -0.143. The summed E-state index contributed by atoms with van der Waals surface area (Å²) in [5.41, 5.74) is -0.0588. The molecule has 2 heterocycles. The Morgan fingerprint density at radius 2 is 2.00 bits per heavy atom. The Morgan fingerprint density at radius 1 is 1.22 bits per heavy atom. The zero-order valence-electron chi connectivity index (χ0n) is 11.8. The number of hydrogen-bond acceptors (Lipinski definition) is 4. The number of rotatable bonds is 3. The first-order valence-electron chi connectivity index (χ1n) is 6.51. The van der Waals surface area contributed by atoms with Crippen molar-refractivity contribution in [2.45, 2.75) is 12.6 Å². The first-order valence-corrected chi connectivity index (χ1v) is 6.89. The highest BCUT2D eigenvalue weighted by Gasteiger charge is 2.35. The standard InChI is InChI=1S/C14H10ClF3N4O/c1-22-11(14(16,17)18)7-10(21-22)13-20-19-12(23-13)6-8-3-2-4-9(15)5-8/h2-5,7H,6H2,1H3. The van der Waals surface area contributed by atoms with Gasteiger partial charge in [-0.05, 0) is 17.7 Å². The fourth-order valence-corrected chi connectivity index (χ4v) is 2.30. The topological polar surface area (TPSA) is 56.7 Å². The van der Waals surface area contributed by atoms with Crippen LogP contribution < -0.4 is 0 Å². The molecule has 2 aromatic heterocycles. The van der Waals surface area contributed by atoms with E-state index in [1.807, 2.05) is 6.07 Å². The predicted octanol–water partition coefficient (Wildman–Crippen LogP) is 3.73. The van der Waals surface area contributed by atoms with E-state index in [1.54, 1.807) is 18.2 Å². The van der Waals surface area contributed by atoms with Gasteiger partial charge in [0.25, 0.3) is 5.89 Å². The molecule has 0 aliphatic carbocycles. The largest absolute Gasteiger partial charge is 0.433 e. The highest BCUT2D eigenvalue weighted by Crippen LogP contribution is 2.31. The smallest absolute Gasteiger partial charge is 0.419 e. The maximum absolute atomic E-state index is 12.8. The minimum Gasteiger partial charge on any atom is -0.419 e. The van der Waals surface area contributed by atoms with Crippen LogP contribution in [0.5, 0.6) is 0 Å². The summed E-state index contributed by atoms with van der Waals surface area (Å²) in [5.74, 6) is 0.203. The minimum atomic E-state index is -4.50. The molecule has 0 bridgehead atoms. The summed E-state index contributed by atoms with van der Waals surface area (Å²) in [5, 5.41) is 11.9. The van der Waals surface area contributed by atoms with Crippen molar-refractivity contribution in [1.29, 1.82) is 0 Å². The van der Waals surface area contributed by atoms with Crippen LogP contribution in [0.2, 0.25) is 5.02 Å². The molecule has 0 saturated heterocycles. The molecule has 0 aliphatic rings. The maximum atomic E-state index is 12.8. The molecular formula is C14H10ClF3N4O. The van der Waals surface area contributed by atoms with Crippen LogP contribution in [0, 0.1) is 0 Å². The molecular weight excluding hydrogens is 333 g/mol. The summed E-state index contributed by atoms with van der Waals surface area (Å²) in [4.78, 5) is 0. The molecule has 0 saturated carbocycles. The fraction of sp³-hybridized carbons (Fsp3) is 0.214. The third kappa shape index (κ3) is 3.37. The second kappa shape index (κ2) is 5.69. The Hall–Kier alpha value is -2.35. The van der Waals surface area contributed by atoms with Crippen LogP contribution in [0.15, 0.2) is 34.7 Å². The van der Waals surface area contributed by atoms with Gasteiger partial charge in [-0.2, -0.15) is 18.3 Å². The molecule has 120 valence electrons. The number of alkyl halides is 3. The molecule has 0 N–H and O–H groups in total. The fourth-order valence-electron chi connectivity index (χ4n) is 2.09. The molecule has 3 rings (SSSR count). The second-order valence-corrected chi connectivity index (χ2v) is 5.28. The van der Waals surface area contributed by atoms with Crippen LogP contribution in [0.3, 0.4) is 0 Å². The molecule has 0 unspecified atom stereocenters. The zero-order chi connectivity index (χ0) is 16.6. The monoisotopic (exact) mass is 342 g/mol. The first-order chi connectivity index (χ1) is 10.8. The van der Waals surface area contributed by atoms with Gasteiger partial charge in [0.05, 0.1) is 6.42 Å². The number of halogens is 4. The average Bonchev–Trinajstić information content (AvgIpc) is 3.04. The summed E-state index contributed by atoms with van der Waals surface area (Å²) in [6.45, 7) is 0. The van der Waals surface area contributed by atoms with E-state index < -0.39 is 11.9 Å². The normalized spacial score (nSPS) is 11.9. The Kier molecular flexibility index (Phi) is 3.85. The lowest BCUT2D eigenvalue weighted by atomic mass is 10.1. The summed E-state index contributed by atoms with van der Waals surface area (Å²) in [6.07, 6.45) is -4.17. The van der Waals surface area contributed by atoms with Crippen molar-refractivity contribution in [3.05, 3.63) is 52.5 Å². The van der Waals surface area contributed by atoms with E-state index >= 15 is 0 Å². The predicted molar refractivity (Wildman–Crippen MR) is 75.8 cm³/mol. The number of aromatic nitrogens is 4. The molecule has 0 radical (unpaired) electrons. The summed E-state index contributed by atoms with van der Waals surface area (Å²) in [6, 6.07) is 7.96. The van der Waals surface area contributed by atoms with Crippen molar-refractivity contribution in [1.82, 2.24) is 20.0 Å². The van der Waals surface area contributed by atoms with Crippen LogP contribution in [-0.2, 0) is 19.6 Å². The minimum absolute atomic E-state index is 0.0235. The first kappa shape index (κ1) is 15.5. The number of benzene rings is 1. The third-order valence-electron chi connectivity index (χ3n) is 3.10. The van der Waals surface area contributed by atoms with Gasteiger partial charge < -0.3 is 4.42 Å². The van der Waals surface area contributed by atoms with Gasteiger partial charge in [0, 0.05) is 18.1 Å². The lowest BCUT2D eigenvalue weighted by Crippen LogP contribution is -2.11. The summed E-state index contributed by atoms with van der Waals surface area (Å²) in [7, 11) is 1.20. The third-order valence-corrected chi connectivity index (χ3v) is 3.34. The summed E-state index contributed by atoms with van der Waals surface area (Å²) >= 11 is 5.89. The van der Waals surface area contributed by atoms with E-state index in [0.29, 0.717) is 11.4 Å². The number of aryl methyl sites for hydroxylation is 1. The SMILES string of the molecule is Cn1nc(-c2nnc(Cc3cccc(Cl)c3)o2)cc1C(F)(F)F. The van der Waals surface area contributed by atoms with E-state index in [9.17, 15) is 13.2 Å². The number of nitrogens with zero attached hydrogens (tertiary/aromatic N) is 4. The van der Waals surface area contributed by atoms with Gasteiger partial charge in [-0.1, -0.05) is 23.7 Å². The van der Waals surface area contributed by atoms with Crippen LogP contribution in [0.1, 0.15) is 17.1 Å². The Bertz CT molecular complexity index is 841. The molecule has 0 aliphatic heterocycles. The Balaban J connectivity index is 1.85. The van der Waals surface area contributed by atoms with Crippen molar-refractivity contribution in [2.24, 2.45) is 7.05 Å². The highest BCUT2D eigenvalue weighted by atomic mass is 35.5. The van der Waals surface area contributed by atoms with Gasteiger partial charge in [0.15, 0.2) is 0 Å². The quantitative estimate of drug-likeness (QED) is 0.727. The van der Waals surface area contributed by atoms with E-state index in [2.05, 4.69) is 15.3 Å². The zero-order valence-corrected chi connectivity index (χ0v) is 12.6. The van der Waals surface area contributed by atoms with E-state index in [4.69, 9.17) is 16.0 Å². The summed E-state index contributed by atoms with van der Waals surface area (Å²) < 4.78 is 44.4. The van der Waals surface area contributed by atoms with Crippen molar-refractivity contribution in [2.75, 3.05) is 0 Å². The van der Waals surface area contributed by atoms with Crippen molar-refractivity contribution >= 4 is 11.6 Å². The molecule has 1 aromatic carbocycles. The van der Waals surface area contributed by atoms with E-state index in [-0.39, 0.29) is 17.5 Å². The molecule has 0 fully saturated rings. The van der Waals surface area contributed by atoms with Gasteiger partial charge in [-0.25, -0.2) is 0 Å². The Morgan fingerprint density at radius 3 is 2.65 bits per heavy atom. The number of hydrogen-bond donors (Lipinski definition) is 0. The van der Waals surface area contributed by atoms with Gasteiger partial charge in [0.2, 0.25) is 5.89 Å². The van der Waals surface area contributed by atoms with Gasteiger partial charge in [-0.3, -0.25) is 4.68 Å². The average molecular weight is 343 g/mol. The second-order valence-electron chi connectivity index (χ2n) is 4.84. The molecule has 23 heavy (non-hydrogen) atoms. The molecule has 3 aromatic rings. The van der Waals surface area contributed by atoms with Gasteiger partial charge in [0.1, 0.15) is 11.4 Å². The Labute approximate surface area is 133 Å².